The second-order valence-corrected chi connectivity index (χ2v) is 5.96. The number of carbonyl (C=O) groups is 1. The van der Waals surface area contributed by atoms with Crippen LogP contribution in [0.1, 0.15) is 36.3 Å². The molecule has 0 saturated carbocycles. The highest BCUT2D eigenvalue weighted by molar-refractivity contribution is 9.10. The third-order valence-corrected chi connectivity index (χ3v) is 3.85. The summed E-state index contributed by atoms with van der Waals surface area (Å²) in [4.78, 5) is 14.7. The summed E-state index contributed by atoms with van der Waals surface area (Å²) in [6, 6.07) is 12.0. The van der Waals surface area contributed by atoms with E-state index in [0.717, 1.165) is 35.2 Å². The fraction of sp³-hybridized carbons (Fsp3) is 0.353. The Kier molecular flexibility index (Phi) is 5.62. The molecule has 0 N–H and O–H groups in total. The lowest BCUT2D eigenvalue weighted by Gasteiger charge is -2.23. The van der Waals surface area contributed by atoms with E-state index in [9.17, 15) is 4.79 Å². The van der Waals surface area contributed by atoms with Crippen LogP contribution in [0, 0.1) is 0 Å². The molecule has 3 nitrogen and oxygen atoms in total. The number of aromatic nitrogens is 1. The summed E-state index contributed by atoms with van der Waals surface area (Å²) in [5.41, 5.74) is 1.90. The monoisotopic (exact) mass is 348 g/mol. The number of hydrogen-bond acceptors (Lipinski definition) is 1. The Hall–Kier alpha value is -1.55. The topological polar surface area (TPSA) is 25.2 Å². The van der Waals surface area contributed by atoms with E-state index in [4.69, 9.17) is 0 Å². The summed E-state index contributed by atoms with van der Waals surface area (Å²) < 4.78 is 2.93. The highest BCUT2D eigenvalue weighted by Gasteiger charge is 2.19. The Bertz CT molecular complexity index is 592. The fourth-order valence-electron chi connectivity index (χ4n) is 2.40. The minimum absolute atomic E-state index is 0.0910. The van der Waals surface area contributed by atoms with Gasteiger partial charge in [0.05, 0.1) is 0 Å². The summed E-state index contributed by atoms with van der Waals surface area (Å²) in [6.45, 7) is 6.35. The molecule has 4 heteroatoms. The van der Waals surface area contributed by atoms with E-state index in [1.54, 1.807) is 0 Å². The lowest BCUT2D eigenvalue weighted by molar-refractivity contribution is 0.0732. The second-order valence-electron chi connectivity index (χ2n) is 5.04. The van der Waals surface area contributed by atoms with E-state index < -0.39 is 0 Å². The molecule has 0 atom stereocenters. The molecule has 112 valence electrons. The quantitative estimate of drug-likeness (QED) is 0.762. The van der Waals surface area contributed by atoms with Crippen LogP contribution in [0.4, 0.5) is 0 Å². The Morgan fingerprint density at radius 3 is 2.57 bits per heavy atom. The molecule has 2 aromatic rings. The van der Waals surface area contributed by atoms with Crippen LogP contribution in [-0.4, -0.2) is 21.9 Å². The van der Waals surface area contributed by atoms with Crippen LogP contribution in [0.15, 0.2) is 47.1 Å². The first-order chi connectivity index (χ1) is 10.2. The van der Waals surface area contributed by atoms with Crippen LogP contribution in [0.2, 0.25) is 0 Å². The van der Waals surface area contributed by atoms with Crippen molar-refractivity contribution < 1.29 is 4.79 Å². The third-order valence-electron chi connectivity index (χ3n) is 3.42. The predicted octanol–water partition coefficient (Wildman–Crippen LogP) is 4.32. The third kappa shape index (κ3) is 3.97. The van der Waals surface area contributed by atoms with E-state index in [2.05, 4.69) is 35.0 Å². The van der Waals surface area contributed by atoms with Gasteiger partial charge in [0, 0.05) is 30.3 Å². The number of hydrogen-bond donors (Lipinski definition) is 0. The van der Waals surface area contributed by atoms with Crippen molar-refractivity contribution in [1.29, 1.82) is 0 Å². The average Bonchev–Trinajstić information content (AvgIpc) is 2.88. The summed E-state index contributed by atoms with van der Waals surface area (Å²) in [6.07, 6.45) is 2.91. The number of aryl methyl sites for hydroxylation is 1. The van der Waals surface area contributed by atoms with Crippen molar-refractivity contribution in [2.75, 3.05) is 6.54 Å². The summed E-state index contributed by atoms with van der Waals surface area (Å²) in [5.74, 6) is 0.0910. The van der Waals surface area contributed by atoms with E-state index in [-0.39, 0.29) is 5.91 Å². The number of carbonyl (C=O) groups excluding carboxylic acids is 1. The van der Waals surface area contributed by atoms with Gasteiger partial charge in [-0.15, -0.1) is 0 Å². The molecular formula is C17H21BrN2O. The van der Waals surface area contributed by atoms with E-state index in [1.165, 1.54) is 0 Å². The smallest absolute Gasteiger partial charge is 0.270 e. The molecule has 1 aromatic heterocycles. The zero-order valence-electron chi connectivity index (χ0n) is 12.6. The largest absolute Gasteiger partial charge is 0.343 e. The van der Waals surface area contributed by atoms with Crippen LogP contribution >= 0.6 is 15.9 Å². The number of nitrogens with zero attached hydrogens (tertiary/aromatic N) is 2. The molecule has 0 aliphatic carbocycles. The lowest BCUT2D eigenvalue weighted by Crippen LogP contribution is -2.32. The first-order valence-electron chi connectivity index (χ1n) is 7.34. The Balaban J connectivity index is 2.22. The maximum absolute atomic E-state index is 12.8. The molecule has 1 amide bonds. The van der Waals surface area contributed by atoms with Gasteiger partial charge in [-0.1, -0.05) is 37.3 Å². The molecule has 0 radical (unpaired) electrons. The highest BCUT2D eigenvalue weighted by atomic mass is 79.9. The molecule has 2 rings (SSSR count). The van der Waals surface area contributed by atoms with Gasteiger partial charge in [0.25, 0.3) is 5.91 Å². The minimum atomic E-state index is 0.0910. The zero-order chi connectivity index (χ0) is 15.2. The van der Waals surface area contributed by atoms with Gasteiger partial charge in [-0.3, -0.25) is 4.79 Å². The number of halogens is 1. The molecule has 0 spiro atoms. The summed E-state index contributed by atoms with van der Waals surface area (Å²) in [5, 5.41) is 0. The van der Waals surface area contributed by atoms with Crippen molar-refractivity contribution in [2.24, 2.45) is 0 Å². The van der Waals surface area contributed by atoms with Gasteiger partial charge in [0.15, 0.2) is 0 Å². The van der Waals surface area contributed by atoms with Crippen LogP contribution in [0.25, 0.3) is 0 Å². The van der Waals surface area contributed by atoms with Crippen molar-refractivity contribution in [3.63, 3.8) is 0 Å². The van der Waals surface area contributed by atoms with Crippen LogP contribution in [0.3, 0.4) is 0 Å². The Labute approximate surface area is 134 Å². The van der Waals surface area contributed by atoms with Crippen molar-refractivity contribution >= 4 is 21.8 Å². The normalized spacial score (nSPS) is 10.6. The molecule has 0 fully saturated rings. The van der Waals surface area contributed by atoms with Crippen molar-refractivity contribution in [1.82, 2.24) is 9.47 Å². The molecule has 1 heterocycles. The van der Waals surface area contributed by atoms with Gasteiger partial charge in [0.2, 0.25) is 0 Å². The Morgan fingerprint density at radius 2 is 1.95 bits per heavy atom. The minimum Gasteiger partial charge on any atom is -0.343 e. The van der Waals surface area contributed by atoms with Crippen molar-refractivity contribution in [3.8, 4) is 0 Å². The highest BCUT2D eigenvalue weighted by Crippen LogP contribution is 2.18. The molecule has 0 aliphatic rings. The van der Waals surface area contributed by atoms with Gasteiger partial charge in [-0.25, -0.2) is 0 Å². The average molecular weight is 349 g/mol. The van der Waals surface area contributed by atoms with Crippen LogP contribution in [0.5, 0.6) is 0 Å². The molecular weight excluding hydrogens is 328 g/mol. The summed E-state index contributed by atoms with van der Waals surface area (Å²) in [7, 11) is 0. The fourth-order valence-corrected chi connectivity index (χ4v) is 2.87. The second kappa shape index (κ2) is 7.46. The molecule has 1 aromatic carbocycles. The first kappa shape index (κ1) is 15.8. The Morgan fingerprint density at radius 1 is 1.24 bits per heavy atom. The summed E-state index contributed by atoms with van der Waals surface area (Å²) >= 11 is 3.46. The zero-order valence-corrected chi connectivity index (χ0v) is 14.1. The number of rotatable bonds is 6. The van der Waals surface area contributed by atoms with E-state index >= 15 is 0 Å². The standard InChI is InChI=1S/C17H21BrN2O/c1-3-10-20(12-14-8-6-5-7-9-14)17(21)16-11-15(18)13-19(16)4-2/h5-9,11,13H,3-4,10,12H2,1-2H3. The van der Waals surface area contributed by atoms with Crippen LogP contribution in [-0.2, 0) is 13.1 Å². The van der Waals surface area contributed by atoms with E-state index in [1.807, 2.05) is 46.9 Å². The predicted molar refractivity (Wildman–Crippen MR) is 89.3 cm³/mol. The molecule has 0 aliphatic heterocycles. The maximum atomic E-state index is 12.8. The van der Waals surface area contributed by atoms with Crippen molar-refractivity contribution in [2.45, 2.75) is 33.4 Å². The molecule has 0 unspecified atom stereocenters. The van der Waals surface area contributed by atoms with Gasteiger partial charge < -0.3 is 9.47 Å². The van der Waals surface area contributed by atoms with E-state index in [0.29, 0.717) is 6.54 Å². The SMILES string of the molecule is CCCN(Cc1ccccc1)C(=O)c1cc(Br)cn1CC. The molecule has 21 heavy (non-hydrogen) atoms. The number of amides is 1. The van der Waals surface area contributed by atoms with Gasteiger partial charge >= 0.3 is 0 Å². The van der Waals surface area contributed by atoms with Crippen LogP contribution < -0.4 is 0 Å². The number of benzene rings is 1. The first-order valence-corrected chi connectivity index (χ1v) is 8.13. The van der Waals surface area contributed by atoms with Gasteiger partial charge in [0.1, 0.15) is 5.69 Å². The molecule has 0 saturated heterocycles. The molecule has 0 bridgehead atoms. The van der Waals surface area contributed by atoms with Crippen molar-refractivity contribution in [3.05, 3.63) is 58.3 Å². The van der Waals surface area contributed by atoms with Gasteiger partial charge in [-0.05, 0) is 40.9 Å². The van der Waals surface area contributed by atoms with Gasteiger partial charge in [-0.2, -0.15) is 0 Å². The lowest BCUT2D eigenvalue weighted by atomic mass is 10.2. The maximum Gasteiger partial charge on any atom is 0.270 e.